The molecule has 1 aromatic carbocycles. The van der Waals surface area contributed by atoms with Gasteiger partial charge in [-0.25, -0.2) is 4.98 Å². The van der Waals surface area contributed by atoms with Gasteiger partial charge >= 0.3 is 0 Å². The lowest BCUT2D eigenvalue weighted by molar-refractivity contribution is 0.0903. The molecule has 2 aromatic rings. The van der Waals surface area contributed by atoms with Crippen LogP contribution in [-0.2, 0) is 19.4 Å². The third kappa shape index (κ3) is 4.76. The lowest BCUT2D eigenvalue weighted by Crippen LogP contribution is -2.42. The molecule has 0 spiro atoms. The van der Waals surface area contributed by atoms with Crippen LogP contribution >= 0.6 is 0 Å². The highest BCUT2D eigenvalue weighted by Gasteiger charge is 2.28. The topological polar surface area (TPSA) is 76.0 Å². The number of aromatic nitrogens is 2. The van der Waals surface area contributed by atoms with Crippen LogP contribution in [0.2, 0.25) is 0 Å². The highest BCUT2D eigenvalue weighted by molar-refractivity contribution is 5.97. The maximum atomic E-state index is 12.7. The van der Waals surface area contributed by atoms with E-state index in [2.05, 4.69) is 15.6 Å². The molecule has 6 nitrogen and oxygen atoms in total. The van der Waals surface area contributed by atoms with E-state index in [-0.39, 0.29) is 17.4 Å². The Kier molecular flexibility index (Phi) is 5.63. The van der Waals surface area contributed by atoms with E-state index < -0.39 is 0 Å². The lowest BCUT2D eigenvalue weighted by Gasteiger charge is -2.22. The van der Waals surface area contributed by atoms with E-state index in [1.54, 1.807) is 0 Å². The molecule has 3 rings (SSSR count). The van der Waals surface area contributed by atoms with Crippen LogP contribution < -0.4 is 10.6 Å². The molecule has 1 aliphatic rings. The minimum absolute atomic E-state index is 0.202. The molecule has 2 heterocycles. The number of hydrogen-bond donors (Lipinski definition) is 2. The molecule has 1 aliphatic heterocycles. The predicted octanol–water partition coefficient (Wildman–Crippen LogP) is 2.72. The van der Waals surface area contributed by atoms with Crippen molar-refractivity contribution in [2.24, 2.45) is 0 Å². The summed E-state index contributed by atoms with van der Waals surface area (Å²) >= 11 is 0. The Morgan fingerprint density at radius 1 is 1.11 bits per heavy atom. The largest absolute Gasteiger partial charge is 0.350 e. The van der Waals surface area contributed by atoms with Gasteiger partial charge in [0.15, 0.2) is 5.82 Å². The first-order chi connectivity index (χ1) is 12.8. The second-order valence-electron chi connectivity index (χ2n) is 8.04. The van der Waals surface area contributed by atoms with Crippen LogP contribution in [0.15, 0.2) is 30.3 Å². The zero-order valence-corrected chi connectivity index (χ0v) is 16.3. The van der Waals surface area contributed by atoms with E-state index in [9.17, 15) is 9.59 Å². The minimum atomic E-state index is -0.351. The Hall–Kier alpha value is -2.63. The first-order valence-corrected chi connectivity index (χ1v) is 9.59. The summed E-state index contributed by atoms with van der Waals surface area (Å²) < 4.78 is 1.91. The number of rotatable bonds is 5. The van der Waals surface area contributed by atoms with Gasteiger partial charge in [0.2, 0.25) is 0 Å². The monoisotopic (exact) mass is 368 g/mol. The second-order valence-corrected chi connectivity index (χ2v) is 8.04. The van der Waals surface area contributed by atoms with E-state index in [1.807, 2.05) is 55.7 Å². The van der Waals surface area contributed by atoms with Gasteiger partial charge in [0.25, 0.3) is 11.8 Å². The summed E-state index contributed by atoms with van der Waals surface area (Å²) in [4.78, 5) is 29.8. The summed E-state index contributed by atoms with van der Waals surface area (Å²) in [5, 5.41) is 5.90. The van der Waals surface area contributed by atoms with Crippen molar-refractivity contribution in [3.63, 3.8) is 0 Å². The van der Waals surface area contributed by atoms with E-state index in [4.69, 9.17) is 0 Å². The van der Waals surface area contributed by atoms with Crippen molar-refractivity contribution in [3.8, 4) is 0 Å². The molecular weight excluding hydrogens is 340 g/mol. The van der Waals surface area contributed by atoms with Crippen molar-refractivity contribution in [2.75, 3.05) is 6.54 Å². The standard InChI is InChI=1S/C21H28N4O2/c1-21(2,3)24-20(27)18-23-17(16-11-7-8-14-25(16)18)19(26)22-13-12-15-9-5-4-6-10-15/h4-6,9-10H,7-8,11-14H2,1-3H3,(H,22,26)(H,24,27). The fourth-order valence-corrected chi connectivity index (χ4v) is 3.34. The van der Waals surface area contributed by atoms with Crippen molar-refractivity contribution < 1.29 is 9.59 Å². The second kappa shape index (κ2) is 7.94. The third-order valence-corrected chi connectivity index (χ3v) is 4.57. The number of hydrogen-bond acceptors (Lipinski definition) is 3. The number of benzene rings is 1. The molecule has 0 fully saturated rings. The van der Waals surface area contributed by atoms with Crippen molar-refractivity contribution in [2.45, 2.75) is 58.5 Å². The van der Waals surface area contributed by atoms with Gasteiger partial charge in [-0.15, -0.1) is 0 Å². The Morgan fingerprint density at radius 2 is 1.85 bits per heavy atom. The molecule has 6 heteroatoms. The van der Waals surface area contributed by atoms with Gasteiger partial charge in [-0.1, -0.05) is 30.3 Å². The molecule has 27 heavy (non-hydrogen) atoms. The molecule has 0 unspecified atom stereocenters. The Morgan fingerprint density at radius 3 is 2.56 bits per heavy atom. The molecule has 0 radical (unpaired) electrons. The Labute approximate surface area is 160 Å². The van der Waals surface area contributed by atoms with Crippen molar-refractivity contribution in [1.29, 1.82) is 0 Å². The summed E-state index contributed by atoms with van der Waals surface area (Å²) in [6.07, 6.45) is 3.54. The molecule has 0 aliphatic carbocycles. The van der Waals surface area contributed by atoms with Crippen molar-refractivity contribution in [3.05, 3.63) is 53.1 Å². The fourth-order valence-electron chi connectivity index (χ4n) is 3.34. The van der Waals surface area contributed by atoms with Gasteiger partial charge in [-0.3, -0.25) is 9.59 Å². The van der Waals surface area contributed by atoms with E-state index >= 15 is 0 Å². The molecule has 0 bridgehead atoms. The summed E-state index contributed by atoms with van der Waals surface area (Å²) in [5.41, 5.74) is 2.09. The van der Waals surface area contributed by atoms with E-state index in [0.29, 0.717) is 18.1 Å². The first kappa shape index (κ1) is 19.1. The lowest BCUT2D eigenvalue weighted by atomic mass is 10.1. The molecule has 0 saturated heterocycles. The highest BCUT2D eigenvalue weighted by atomic mass is 16.2. The fraction of sp³-hybridized carbons (Fsp3) is 0.476. The van der Waals surface area contributed by atoms with Gasteiger partial charge in [-0.05, 0) is 52.0 Å². The third-order valence-electron chi connectivity index (χ3n) is 4.57. The Balaban J connectivity index is 1.74. The van der Waals surface area contributed by atoms with Crippen molar-refractivity contribution in [1.82, 2.24) is 20.2 Å². The number of amides is 2. The van der Waals surface area contributed by atoms with Crippen molar-refractivity contribution >= 4 is 11.8 Å². The predicted molar refractivity (Wildman–Crippen MR) is 105 cm³/mol. The first-order valence-electron chi connectivity index (χ1n) is 9.59. The van der Waals surface area contributed by atoms with Gasteiger partial charge in [-0.2, -0.15) is 0 Å². The maximum absolute atomic E-state index is 12.7. The average Bonchev–Trinajstić information content (AvgIpc) is 3.01. The molecule has 0 saturated carbocycles. The van der Waals surface area contributed by atoms with Gasteiger partial charge in [0.05, 0.1) is 5.69 Å². The number of nitrogens with zero attached hydrogens (tertiary/aromatic N) is 2. The van der Waals surface area contributed by atoms with Crippen LogP contribution in [0.4, 0.5) is 0 Å². The molecular formula is C21H28N4O2. The number of imidazole rings is 1. The van der Waals surface area contributed by atoms with Gasteiger partial charge < -0.3 is 15.2 Å². The number of carbonyl (C=O) groups excluding carboxylic acids is 2. The Bertz CT molecular complexity index is 819. The van der Waals surface area contributed by atoms with Gasteiger partial charge in [0, 0.05) is 18.6 Å². The number of fused-ring (bicyclic) bond motifs is 1. The van der Waals surface area contributed by atoms with E-state index in [0.717, 1.165) is 37.9 Å². The van der Waals surface area contributed by atoms with Crippen LogP contribution in [0.25, 0.3) is 0 Å². The summed E-state index contributed by atoms with van der Waals surface area (Å²) in [6, 6.07) is 10.0. The zero-order valence-electron chi connectivity index (χ0n) is 16.3. The average molecular weight is 368 g/mol. The quantitative estimate of drug-likeness (QED) is 0.852. The maximum Gasteiger partial charge on any atom is 0.287 e. The SMILES string of the molecule is CC(C)(C)NC(=O)c1nc(C(=O)NCCc2ccccc2)c2n1CCCC2. The normalized spacial score (nSPS) is 13.7. The smallest absolute Gasteiger partial charge is 0.287 e. The molecule has 144 valence electrons. The summed E-state index contributed by atoms with van der Waals surface area (Å²) in [6.45, 7) is 7.07. The van der Waals surface area contributed by atoms with Crippen LogP contribution in [-0.4, -0.2) is 33.4 Å². The molecule has 2 amide bonds. The minimum Gasteiger partial charge on any atom is -0.350 e. The summed E-state index contributed by atoms with van der Waals surface area (Å²) in [5.74, 6) is -0.0896. The molecule has 0 atom stereocenters. The van der Waals surface area contributed by atoms with Crippen LogP contribution in [0, 0.1) is 0 Å². The van der Waals surface area contributed by atoms with Gasteiger partial charge in [0.1, 0.15) is 5.69 Å². The number of nitrogens with one attached hydrogen (secondary N) is 2. The molecule has 1 aromatic heterocycles. The van der Waals surface area contributed by atoms with Crippen LogP contribution in [0.5, 0.6) is 0 Å². The highest BCUT2D eigenvalue weighted by Crippen LogP contribution is 2.21. The van der Waals surface area contributed by atoms with E-state index in [1.165, 1.54) is 5.56 Å². The summed E-state index contributed by atoms with van der Waals surface area (Å²) in [7, 11) is 0. The van der Waals surface area contributed by atoms with Crippen LogP contribution in [0.3, 0.4) is 0 Å². The zero-order chi connectivity index (χ0) is 19.4. The molecule has 2 N–H and O–H groups in total. The number of carbonyl (C=O) groups is 2. The van der Waals surface area contributed by atoms with Crippen LogP contribution in [0.1, 0.15) is 66.0 Å².